The molecule has 1 saturated heterocycles. The summed E-state index contributed by atoms with van der Waals surface area (Å²) < 4.78 is 0. The number of nitrogens with zero attached hydrogens (tertiary/aromatic N) is 2. The molecule has 1 N–H and O–H groups in total. The fourth-order valence-electron chi connectivity index (χ4n) is 2.72. The molecule has 5 heteroatoms. The summed E-state index contributed by atoms with van der Waals surface area (Å²) in [5.74, 6) is -1.21. The minimum Gasteiger partial charge on any atom is -0.479 e. The molecular weight excluding hydrogens is 244 g/mol. The molecule has 0 aliphatic carbocycles. The first-order valence-electron chi connectivity index (χ1n) is 6.50. The van der Waals surface area contributed by atoms with Gasteiger partial charge in [-0.3, -0.25) is 4.79 Å². The van der Waals surface area contributed by atoms with Crippen molar-refractivity contribution in [1.29, 1.82) is 0 Å². The van der Waals surface area contributed by atoms with Gasteiger partial charge >= 0.3 is 5.97 Å². The molecule has 19 heavy (non-hydrogen) atoms. The second kappa shape index (κ2) is 4.99. The van der Waals surface area contributed by atoms with E-state index in [1.54, 1.807) is 12.1 Å². The predicted octanol–water partition coefficient (Wildman–Crippen LogP) is 1.86. The topological polar surface area (TPSA) is 70.5 Å². The number of likely N-dealkylation sites (tertiary alicyclic amines) is 1. The first-order chi connectivity index (χ1) is 9.01. The first-order valence-corrected chi connectivity index (χ1v) is 6.50. The Kier molecular flexibility index (Phi) is 3.55. The highest BCUT2D eigenvalue weighted by atomic mass is 16.4. The minimum atomic E-state index is -1.07. The van der Waals surface area contributed by atoms with E-state index in [-0.39, 0.29) is 5.91 Å². The van der Waals surface area contributed by atoms with Gasteiger partial charge in [0.15, 0.2) is 0 Å². The smallest absolute Gasteiger partial charge is 0.329 e. The zero-order chi connectivity index (χ0) is 14.0. The number of aromatic nitrogens is 1. The van der Waals surface area contributed by atoms with Crippen LogP contribution >= 0.6 is 0 Å². The average molecular weight is 262 g/mol. The Bertz CT molecular complexity index is 515. The molecule has 0 saturated carbocycles. The van der Waals surface area contributed by atoms with Crippen molar-refractivity contribution in [3.05, 3.63) is 29.6 Å². The van der Waals surface area contributed by atoms with Crippen molar-refractivity contribution in [2.45, 2.75) is 38.6 Å². The van der Waals surface area contributed by atoms with E-state index in [0.29, 0.717) is 25.1 Å². The summed E-state index contributed by atoms with van der Waals surface area (Å²) in [6, 6.07) is 5.21. The van der Waals surface area contributed by atoms with Gasteiger partial charge in [-0.1, -0.05) is 13.0 Å². The van der Waals surface area contributed by atoms with Crippen LogP contribution in [0.1, 0.15) is 42.4 Å². The summed E-state index contributed by atoms with van der Waals surface area (Å²) in [5, 5.41) is 9.47. The number of carbonyl (C=O) groups excluding carboxylic acids is 1. The molecule has 1 aromatic rings. The number of aryl methyl sites for hydroxylation is 1. The van der Waals surface area contributed by atoms with Crippen LogP contribution in [0.2, 0.25) is 0 Å². The number of carboxylic acids is 1. The summed E-state index contributed by atoms with van der Waals surface area (Å²) in [4.78, 5) is 29.7. The van der Waals surface area contributed by atoms with Gasteiger partial charge in [-0.25, -0.2) is 9.78 Å². The molecule has 102 valence electrons. The van der Waals surface area contributed by atoms with Crippen molar-refractivity contribution >= 4 is 11.9 Å². The van der Waals surface area contributed by atoms with Gasteiger partial charge in [-0.2, -0.15) is 0 Å². The molecule has 2 heterocycles. The van der Waals surface area contributed by atoms with Crippen LogP contribution in [0.3, 0.4) is 0 Å². The van der Waals surface area contributed by atoms with Crippen LogP contribution in [0.4, 0.5) is 0 Å². The maximum Gasteiger partial charge on any atom is 0.329 e. The van der Waals surface area contributed by atoms with Gasteiger partial charge in [0.25, 0.3) is 5.91 Å². The van der Waals surface area contributed by atoms with Gasteiger partial charge in [-0.15, -0.1) is 0 Å². The molecule has 1 aliphatic rings. The van der Waals surface area contributed by atoms with E-state index in [4.69, 9.17) is 0 Å². The number of carbonyl (C=O) groups is 2. The van der Waals surface area contributed by atoms with Gasteiger partial charge in [0.2, 0.25) is 0 Å². The Balaban J connectivity index is 2.35. The Morgan fingerprint density at radius 2 is 2.21 bits per heavy atom. The Morgan fingerprint density at radius 3 is 2.79 bits per heavy atom. The fourth-order valence-corrected chi connectivity index (χ4v) is 2.72. The van der Waals surface area contributed by atoms with Gasteiger partial charge in [-0.05, 0) is 38.3 Å². The van der Waals surface area contributed by atoms with E-state index in [9.17, 15) is 14.7 Å². The summed E-state index contributed by atoms with van der Waals surface area (Å²) in [6.45, 7) is 4.10. The molecule has 1 atom stereocenters. The van der Waals surface area contributed by atoms with Crippen LogP contribution < -0.4 is 0 Å². The molecule has 1 aliphatic heterocycles. The fraction of sp³-hybridized carbons (Fsp3) is 0.500. The largest absolute Gasteiger partial charge is 0.479 e. The highest BCUT2D eigenvalue weighted by molar-refractivity contribution is 5.96. The number of rotatable bonds is 3. The number of amides is 1. The molecule has 0 bridgehead atoms. The van der Waals surface area contributed by atoms with Crippen LogP contribution in [-0.2, 0) is 4.79 Å². The van der Waals surface area contributed by atoms with Crippen molar-refractivity contribution in [2.24, 2.45) is 0 Å². The monoisotopic (exact) mass is 262 g/mol. The van der Waals surface area contributed by atoms with Crippen molar-refractivity contribution in [1.82, 2.24) is 9.88 Å². The molecule has 0 spiro atoms. The lowest BCUT2D eigenvalue weighted by Gasteiger charge is -2.33. The van der Waals surface area contributed by atoms with Crippen LogP contribution in [0.15, 0.2) is 18.2 Å². The lowest BCUT2D eigenvalue weighted by Crippen LogP contribution is -2.52. The highest BCUT2D eigenvalue weighted by Gasteiger charge is 2.48. The van der Waals surface area contributed by atoms with Crippen LogP contribution in [0.5, 0.6) is 0 Å². The summed E-state index contributed by atoms with van der Waals surface area (Å²) in [5.41, 5.74) is 0.00568. The van der Waals surface area contributed by atoms with Crippen molar-refractivity contribution in [3.8, 4) is 0 Å². The van der Waals surface area contributed by atoms with Crippen molar-refractivity contribution < 1.29 is 14.7 Å². The maximum absolute atomic E-state index is 12.5. The van der Waals surface area contributed by atoms with Crippen LogP contribution in [-0.4, -0.2) is 39.0 Å². The van der Waals surface area contributed by atoms with Crippen LogP contribution in [0, 0.1) is 6.92 Å². The molecule has 1 amide bonds. The Labute approximate surface area is 112 Å². The summed E-state index contributed by atoms with van der Waals surface area (Å²) in [7, 11) is 0. The molecule has 1 aromatic heterocycles. The lowest BCUT2D eigenvalue weighted by molar-refractivity contribution is -0.148. The zero-order valence-electron chi connectivity index (χ0n) is 11.2. The molecule has 0 radical (unpaired) electrons. The predicted molar refractivity (Wildman–Crippen MR) is 69.9 cm³/mol. The van der Waals surface area contributed by atoms with E-state index < -0.39 is 11.5 Å². The molecule has 1 fully saturated rings. The zero-order valence-corrected chi connectivity index (χ0v) is 11.2. The quantitative estimate of drug-likeness (QED) is 0.902. The molecule has 1 unspecified atom stereocenters. The maximum atomic E-state index is 12.5. The number of aliphatic carboxylic acids is 1. The molecular formula is C14H18N2O3. The van der Waals surface area contributed by atoms with E-state index in [1.807, 2.05) is 19.9 Å². The van der Waals surface area contributed by atoms with Gasteiger partial charge in [0, 0.05) is 12.2 Å². The SMILES string of the molecule is CCC1(C(=O)O)CCCN1C(=O)c1cccc(C)n1. The lowest BCUT2D eigenvalue weighted by atomic mass is 9.92. The van der Waals surface area contributed by atoms with Gasteiger partial charge in [0.1, 0.15) is 11.2 Å². The second-order valence-electron chi connectivity index (χ2n) is 4.91. The third-order valence-electron chi connectivity index (χ3n) is 3.82. The van der Waals surface area contributed by atoms with Gasteiger partial charge < -0.3 is 10.0 Å². The Hall–Kier alpha value is -1.91. The normalized spacial score (nSPS) is 22.5. The average Bonchev–Trinajstić information content (AvgIpc) is 2.82. The third-order valence-corrected chi connectivity index (χ3v) is 3.82. The number of carboxylic acid groups (broad SMARTS) is 1. The summed E-state index contributed by atoms with van der Waals surface area (Å²) in [6.07, 6.45) is 1.65. The second-order valence-corrected chi connectivity index (χ2v) is 4.91. The first kappa shape index (κ1) is 13.5. The highest BCUT2D eigenvalue weighted by Crippen LogP contribution is 2.33. The van der Waals surface area contributed by atoms with E-state index in [0.717, 1.165) is 12.1 Å². The third kappa shape index (κ3) is 2.20. The standard InChI is InChI=1S/C14H18N2O3/c1-3-14(13(18)19)8-5-9-16(14)12(17)11-7-4-6-10(2)15-11/h4,6-7H,3,5,8-9H2,1-2H3,(H,18,19). The number of pyridine rings is 1. The van der Waals surface area contributed by atoms with Crippen LogP contribution in [0.25, 0.3) is 0 Å². The van der Waals surface area contributed by atoms with E-state index in [2.05, 4.69) is 4.98 Å². The van der Waals surface area contributed by atoms with E-state index >= 15 is 0 Å². The molecule has 2 rings (SSSR count). The van der Waals surface area contributed by atoms with Gasteiger partial charge in [0.05, 0.1) is 0 Å². The van der Waals surface area contributed by atoms with Crippen molar-refractivity contribution in [3.63, 3.8) is 0 Å². The van der Waals surface area contributed by atoms with Crippen molar-refractivity contribution in [2.75, 3.05) is 6.54 Å². The molecule has 0 aromatic carbocycles. The number of hydrogen-bond donors (Lipinski definition) is 1. The number of hydrogen-bond acceptors (Lipinski definition) is 3. The molecule has 5 nitrogen and oxygen atoms in total. The summed E-state index contributed by atoms with van der Waals surface area (Å²) >= 11 is 0. The Morgan fingerprint density at radius 1 is 1.47 bits per heavy atom. The minimum absolute atomic E-state index is 0.287. The van der Waals surface area contributed by atoms with E-state index in [1.165, 1.54) is 4.90 Å².